The number of carbonyl (C=O) groups is 2. The van der Waals surface area contributed by atoms with E-state index in [0.717, 1.165) is 0 Å². The summed E-state index contributed by atoms with van der Waals surface area (Å²) in [6, 6.07) is 0. The van der Waals surface area contributed by atoms with Crippen LogP contribution in [0.15, 0.2) is 21.4 Å². The smallest absolute Gasteiger partial charge is 0.449 e. The molecule has 1 aromatic rings. The number of amides is 1. The summed E-state index contributed by atoms with van der Waals surface area (Å²) in [6.07, 6.45) is 0.0661. The topological polar surface area (TPSA) is 106 Å². The minimum absolute atomic E-state index is 0.0222. The van der Waals surface area contributed by atoms with Crippen molar-refractivity contribution in [1.82, 2.24) is 15.0 Å². The number of aromatic nitrogens is 2. The summed E-state index contributed by atoms with van der Waals surface area (Å²) in [5.74, 6) is 0.412. The molecule has 3 rings (SSSR count). The van der Waals surface area contributed by atoms with Crippen LogP contribution >= 0.6 is 11.8 Å². The van der Waals surface area contributed by atoms with Crippen LogP contribution in [0, 0.1) is 6.92 Å². The zero-order valence-electron chi connectivity index (χ0n) is 9.56. The number of fused-ring (bicyclic) bond motifs is 1. The highest BCUT2D eigenvalue weighted by Gasteiger charge is 2.49. The van der Waals surface area contributed by atoms with E-state index < -0.39 is 6.16 Å². The summed E-state index contributed by atoms with van der Waals surface area (Å²) in [4.78, 5) is 27.6. The van der Waals surface area contributed by atoms with E-state index >= 15 is 0 Å². The van der Waals surface area contributed by atoms with E-state index in [0.29, 0.717) is 17.3 Å². The lowest BCUT2D eigenvalue weighted by Gasteiger charge is -2.36. The first kappa shape index (κ1) is 11.8. The molecule has 0 unspecified atom stereocenters. The second kappa shape index (κ2) is 4.12. The molecule has 2 aliphatic heterocycles. The van der Waals surface area contributed by atoms with E-state index in [9.17, 15) is 9.59 Å². The van der Waals surface area contributed by atoms with Gasteiger partial charge in [-0.1, -0.05) is 16.9 Å². The Morgan fingerprint density at radius 2 is 2.47 bits per heavy atom. The highest BCUT2D eigenvalue weighted by atomic mass is 32.2. The molecule has 0 saturated carbocycles. The van der Waals surface area contributed by atoms with Crippen molar-refractivity contribution < 1.29 is 24.0 Å². The highest BCUT2D eigenvalue weighted by molar-refractivity contribution is 8.03. The second-order valence-corrected chi connectivity index (χ2v) is 4.71. The van der Waals surface area contributed by atoms with Gasteiger partial charge in [0.1, 0.15) is 5.37 Å². The Bertz CT molecular complexity index is 635. The maximum Gasteiger partial charge on any atom is 0.512 e. The molecule has 2 aliphatic rings. The molecular weight excluding hydrogens is 274 g/mol. The third kappa shape index (κ3) is 1.87. The van der Waals surface area contributed by atoms with Gasteiger partial charge in [0.05, 0.1) is 5.57 Å². The predicted molar refractivity (Wildman–Crippen MR) is 62.4 cm³/mol. The zero-order chi connectivity index (χ0) is 13.6. The molecule has 0 aliphatic carbocycles. The monoisotopic (exact) mass is 281 g/mol. The number of nitrogens with zero attached hydrogens (tertiary/aromatic N) is 3. The summed E-state index contributed by atoms with van der Waals surface area (Å²) < 4.78 is 9.30. The zero-order valence-corrected chi connectivity index (χ0v) is 10.4. The van der Waals surface area contributed by atoms with Crippen LogP contribution in [0.5, 0.6) is 0 Å². The third-order valence-electron chi connectivity index (χ3n) is 2.52. The fourth-order valence-electron chi connectivity index (χ4n) is 1.76. The maximum absolute atomic E-state index is 11.9. The molecule has 1 atom stereocenters. The number of hydrogen-bond acceptors (Lipinski definition) is 7. The molecular formula is C10H7N3O5S. The van der Waals surface area contributed by atoms with Gasteiger partial charge in [-0.25, -0.2) is 4.79 Å². The molecule has 9 heteroatoms. The fourth-order valence-corrected chi connectivity index (χ4v) is 2.81. The minimum atomic E-state index is -1.45. The summed E-state index contributed by atoms with van der Waals surface area (Å²) in [7, 11) is 0. The van der Waals surface area contributed by atoms with Gasteiger partial charge in [-0.05, 0) is 6.08 Å². The predicted octanol–water partition coefficient (Wildman–Crippen LogP) is 1.17. The van der Waals surface area contributed by atoms with E-state index in [4.69, 9.17) is 9.63 Å². The Balaban J connectivity index is 1.79. The molecule has 19 heavy (non-hydrogen) atoms. The number of carboxylic acid groups (broad SMARTS) is 1. The summed E-state index contributed by atoms with van der Waals surface area (Å²) in [5, 5.41) is 13.4. The first-order chi connectivity index (χ1) is 9.06. The van der Waals surface area contributed by atoms with Gasteiger partial charge < -0.3 is 14.4 Å². The highest BCUT2D eigenvalue weighted by Crippen LogP contribution is 2.45. The molecule has 0 bridgehead atoms. The average molecular weight is 281 g/mol. The number of β-lactam (4-membered cyclic amide) rings is 1. The maximum atomic E-state index is 11.9. The van der Waals surface area contributed by atoms with Gasteiger partial charge in [0.25, 0.3) is 5.91 Å². The Morgan fingerprint density at radius 1 is 1.68 bits per heavy atom. The summed E-state index contributed by atoms with van der Waals surface area (Å²) >= 11 is 1.28. The van der Waals surface area contributed by atoms with Crippen molar-refractivity contribution in [3.63, 3.8) is 0 Å². The first-order valence-corrected chi connectivity index (χ1v) is 6.12. The van der Waals surface area contributed by atoms with E-state index in [2.05, 4.69) is 14.9 Å². The molecule has 1 fully saturated rings. The number of ether oxygens (including phenoxy) is 1. The van der Waals surface area contributed by atoms with Crippen LogP contribution in [-0.2, 0) is 9.53 Å². The van der Waals surface area contributed by atoms with Gasteiger partial charge in [0.15, 0.2) is 5.82 Å². The molecule has 1 aromatic heterocycles. The summed E-state index contributed by atoms with van der Waals surface area (Å²) in [5.41, 5.74) is 0.478. The van der Waals surface area contributed by atoms with Crippen molar-refractivity contribution in [1.29, 1.82) is 0 Å². The molecule has 0 radical (unpaired) electrons. The molecule has 3 heterocycles. The third-order valence-corrected chi connectivity index (χ3v) is 3.58. The fraction of sp³-hybridized carbons (Fsp3) is 0.200. The second-order valence-electron chi connectivity index (χ2n) is 3.76. The van der Waals surface area contributed by atoms with Crippen LogP contribution in [-0.4, -0.2) is 37.6 Å². The van der Waals surface area contributed by atoms with Crippen molar-refractivity contribution in [3.05, 3.63) is 28.6 Å². The standard InChI is InChI=1S/C10H7N3O5S/c1-4-11-6(12-18-4)2-5-8(14)13-7(17-10(15)16)3-19-9(5)13/h2-3,9H,1H3,(H,15,16)/b5-2-/t9-/m0/s1. The van der Waals surface area contributed by atoms with Crippen molar-refractivity contribution in [2.45, 2.75) is 12.3 Å². The van der Waals surface area contributed by atoms with Crippen LogP contribution < -0.4 is 0 Å². The van der Waals surface area contributed by atoms with Gasteiger partial charge in [-0.2, -0.15) is 4.98 Å². The van der Waals surface area contributed by atoms with Crippen molar-refractivity contribution in [2.24, 2.45) is 0 Å². The van der Waals surface area contributed by atoms with Gasteiger partial charge in [0, 0.05) is 12.3 Å². The number of carbonyl (C=O) groups excluding carboxylic acids is 1. The van der Waals surface area contributed by atoms with Crippen LogP contribution in [0.25, 0.3) is 6.08 Å². The number of thioether (sulfide) groups is 1. The molecule has 0 spiro atoms. The van der Waals surface area contributed by atoms with E-state index in [1.807, 2.05) is 0 Å². The Morgan fingerprint density at radius 3 is 3.11 bits per heavy atom. The first-order valence-electron chi connectivity index (χ1n) is 5.18. The van der Waals surface area contributed by atoms with Gasteiger partial charge in [-0.15, -0.1) is 0 Å². The van der Waals surface area contributed by atoms with Crippen molar-refractivity contribution in [2.75, 3.05) is 0 Å². The van der Waals surface area contributed by atoms with Crippen LogP contribution in [0.3, 0.4) is 0 Å². The van der Waals surface area contributed by atoms with E-state index in [1.54, 1.807) is 6.92 Å². The lowest BCUT2D eigenvalue weighted by molar-refractivity contribution is -0.133. The number of rotatable bonds is 2. The number of aryl methyl sites for hydroxylation is 1. The van der Waals surface area contributed by atoms with Gasteiger partial charge in [-0.3, -0.25) is 9.69 Å². The lowest BCUT2D eigenvalue weighted by atomic mass is 10.1. The Kier molecular flexibility index (Phi) is 2.56. The van der Waals surface area contributed by atoms with Gasteiger partial charge in [0.2, 0.25) is 11.8 Å². The van der Waals surface area contributed by atoms with Crippen LogP contribution in [0.2, 0.25) is 0 Å². The van der Waals surface area contributed by atoms with E-state index in [1.165, 1.54) is 28.1 Å². The quantitative estimate of drug-likeness (QED) is 0.489. The number of hydrogen-bond donors (Lipinski definition) is 1. The van der Waals surface area contributed by atoms with Crippen molar-refractivity contribution >= 4 is 29.9 Å². The molecule has 1 saturated heterocycles. The summed E-state index contributed by atoms with van der Waals surface area (Å²) in [6.45, 7) is 1.65. The van der Waals surface area contributed by atoms with Crippen LogP contribution in [0.4, 0.5) is 4.79 Å². The normalized spacial score (nSPS) is 23.1. The Labute approximate surface area is 110 Å². The van der Waals surface area contributed by atoms with Gasteiger partial charge >= 0.3 is 6.16 Å². The van der Waals surface area contributed by atoms with Crippen LogP contribution in [0.1, 0.15) is 11.7 Å². The molecule has 0 aromatic carbocycles. The average Bonchev–Trinajstić information content (AvgIpc) is 2.90. The molecule has 1 amide bonds. The SMILES string of the molecule is Cc1nc(/C=C2/C(=O)N3C(OC(=O)O)=CS[C@@H]23)no1. The van der Waals surface area contributed by atoms with E-state index in [-0.39, 0.29) is 17.2 Å². The minimum Gasteiger partial charge on any atom is -0.449 e. The van der Waals surface area contributed by atoms with Crippen molar-refractivity contribution in [3.8, 4) is 0 Å². The molecule has 1 N–H and O–H groups in total. The molecule has 8 nitrogen and oxygen atoms in total. The largest absolute Gasteiger partial charge is 0.512 e. The lowest BCUT2D eigenvalue weighted by Crippen LogP contribution is -2.50. The molecule has 98 valence electrons. The Hall–Kier alpha value is -2.29.